The average molecular weight is 382 g/mol. The Balaban J connectivity index is 1.77. The van der Waals surface area contributed by atoms with E-state index in [-0.39, 0.29) is 29.4 Å². The van der Waals surface area contributed by atoms with Gasteiger partial charge in [0.15, 0.2) is 6.61 Å². The molecule has 0 unspecified atom stereocenters. The highest BCUT2D eigenvalue weighted by Gasteiger charge is 2.15. The number of ether oxygens (including phenoxy) is 3. The summed E-state index contributed by atoms with van der Waals surface area (Å²) in [4.78, 5) is 27.9. The van der Waals surface area contributed by atoms with Crippen molar-refractivity contribution >= 4 is 11.9 Å². The van der Waals surface area contributed by atoms with E-state index in [0.29, 0.717) is 5.82 Å². The smallest absolute Gasteiger partial charge is 0.338 e. The van der Waals surface area contributed by atoms with Gasteiger partial charge in [-0.2, -0.15) is 4.98 Å². The highest BCUT2D eigenvalue weighted by Crippen LogP contribution is 2.21. The van der Waals surface area contributed by atoms with Crippen molar-refractivity contribution in [1.82, 2.24) is 10.1 Å². The van der Waals surface area contributed by atoms with Crippen molar-refractivity contribution < 1.29 is 28.3 Å². The third-order valence-electron chi connectivity index (χ3n) is 3.89. The van der Waals surface area contributed by atoms with Gasteiger partial charge < -0.3 is 18.7 Å². The van der Waals surface area contributed by atoms with Gasteiger partial charge in [-0.25, -0.2) is 9.59 Å². The zero-order chi connectivity index (χ0) is 20.1. The second-order valence-electron chi connectivity index (χ2n) is 5.90. The van der Waals surface area contributed by atoms with Crippen LogP contribution in [0.4, 0.5) is 0 Å². The molecule has 0 atom stereocenters. The Labute approximate surface area is 161 Å². The maximum Gasteiger partial charge on any atom is 0.338 e. The molecule has 3 rings (SSSR count). The second-order valence-corrected chi connectivity index (χ2v) is 5.90. The fraction of sp³-hybridized carbons (Fsp3) is 0.200. The van der Waals surface area contributed by atoms with E-state index >= 15 is 0 Å². The minimum absolute atomic E-state index is 0.0376. The molecule has 0 bridgehead atoms. The molecule has 0 spiro atoms. The highest BCUT2D eigenvalue weighted by atomic mass is 16.5. The van der Waals surface area contributed by atoms with Gasteiger partial charge in [0.25, 0.3) is 5.89 Å². The zero-order valence-electron chi connectivity index (χ0n) is 15.6. The zero-order valence-corrected chi connectivity index (χ0v) is 15.6. The van der Waals surface area contributed by atoms with Crippen LogP contribution in [0.15, 0.2) is 47.0 Å². The van der Waals surface area contributed by atoms with E-state index in [0.717, 1.165) is 11.1 Å². The Morgan fingerprint density at radius 3 is 2.14 bits per heavy atom. The van der Waals surface area contributed by atoms with E-state index in [1.807, 2.05) is 31.2 Å². The van der Waals surface area contributed by atoms with Crippen LogP contribution in [-0.2, 0) is 16.1 Å². The Hall–Kier alpha value is -3.68. The summed E-state index contributed by atoms with van der Waals surface area (Å²) in [6, 6.07) is 12.0. The number of aromatic nitrogens is 2. The van der Waals surface area contributed by atoms with Gasteiger partial charge >= 0.3 is 11.9 Å². The molecule has 0 fully saturated rings. The quantitative estimate of drug-likeness (QED) is 0.599. The number of carbonyl (C=O) groups is 2. The minimum Gasteiger partial charge on any atom is -0.484 e. The Morgan fingerprint density at radius 2 is 1.57 bits per heavy atom. The number of hydrogen-bond acceptors (Lipinski definition) is 8. The van der Waals surface area contributed by atoms with Gasteiger partial charge in [-0.3, -0.25) is 0 Å². The molecule has 1 heterocycles. The van der Waals surface area contributed by atoms with Crippen LogP contribution in [0.2, 0.25) is 0 Å². The average Bonchev–Trinajstić information content (AvgIpc) is 3.20. The summed E-state index contributed by atoms with van der Waals surface area (Å²) in [6.45, 7) is 1.95. The summed E-state index contributed by atoms with van der Waals surface area (Å²) >= 11 is 0. The van der Waals surface area contributed by atoms with Gasteiger partial charge in [0, 0.05) is 5.56 Å². The number of rotatable bonds is 6. The second kappa shape index (κ2) is 8.34. The summed E-state index contributed by atoms with van der Waals surface area (Å²) in [5.74, 6) is -0.251. The predicted octanol–water partition coefficient (Wildman–Crippen LogP) is 3.20. The van der Waals surface area contributed by atoms with E-state index in [4.69, 9.17) is 18.7 Å². The number of nitrogens with zero attached hydrogens (tertiary/aromatic N) is 2. The summed E-state index contributed by atoms with van der Waals surface area (Å²) in [5.41, 5.74) is 2.27. The van der Waals surface area contributed by atoms with Crippen LogP contribution >= 0.6 is 0 Å². The van der Waals surface area contributed by atoms with Crippen LogP contribution in [0, 0.1) is 6.92 Å². The predicted molar refractivity (Wildman–Crippen MR) is 97.9 cm³/mol. The number of aryl methyl sites for hydroxylation is 1. The lowest BCUT2D eigenvalue weighted by Crippen LogP contribution is -2.08. The largest absolute Gasteiger partial charge is 0.484 e. The molecule has 1 aromatic heterocycles. The van der Waals surface area contributed by atoms with Crippen molar-refractivity contribution in [1.29, 1.82) is 0 Å². The summed E-state index contributed by atoms with van der Waals surface area (Å²) in [6.07, 6.45) is 0. The number of esters is 2. The maximum absolute atomic E-state index is 11.8. The third-order valence-corrected chi connectivity index (χ3v) is 3.89. The molecule has 0 saturated carbocycles. The molecule has 0 N–H and O–H groups in total. The van der Waals surface area contributed by atoms with Gasteiger partial charge in [0.1, 0.15) is 5.75 Å². The molecule has 28 heavy (non-hydrogen) atoms. The lowest BCUT2D eigenvalue weighted by atomic mass is 10.1. The fourth-order valence-electron chi connectivity index (χ4n) is 2.43. The van der Waals surface area contributed by atoms with Crippen molar-refractivity contribution in [2.24, 2.45) is 0 Å². The summed E-state index contributed by atoms with van der Waals surface area (Å²) < 4.78 is 20.2. The van der Waals surface area contributed by atoms with Crippen molar-refractivity contribution in [3.63, 3.8) is 0 Å². The molecule has 8 nitrogen and oxygen atoms in total. The molecule has 0 saturated heterocycles. The van der Waals surface area contributed by atoms with Crippen molar-refractivity contribution in [3.8, 4) is 17.1 Å². The van der Waals surface area contributed by atoms with E-state index in [1.165, 1.54) is 32.4 Å². The number of benzene rings is 2. The standard InChI is InChI=1S/C20H18N2O6/c1-12-4-6-13(7-5-12)18-21-17(28-22-18)11-27-16-9-14(19(23)25-2)8-15(10-16)20(24)26-3/h4-10H,11H2,1-3H3. The molecular formula is C20H18N2O6. The van der Waals surface area contributed by atoms with E-state index in [9.17, 15) is 9.59 Å². The molecule has 0 radical (unpaired) electrons. The molecule has 0 aliphatic carbocycles. The van der Waals surface area contributed by atoms with Crippen LogP contribution in [0.25, 0.3) is 11.4 Å². The lowest BCUT2D eigenvalue weighted by Gasteiger charge is -2.08. The van der Waals surface area contributed by atoms with Gasteiger partial charge in [-0.1, -0.05) is 35.0 Å². The fourth-order valence-corrected chi connectivity index (χ4v) is 2.43. The Kier molecular flexibility index (Phi) is 5.69. The molecule has 0 aliphatic heterocycles. The summed E-state index contributed by atoms with van der Waals surface area (Å²) in [7, 11) is 2.50. The first kappa shape index (κ1) is 19.1. The first-order chi connectivity index (χ1) is 13.5. The molecule has 0 amide bonds. The van der Waals surface area contributed by atoms with Crippen LogP contribution in [0.5, 0.6) is 5.75 Å². The Bertz CT molecular complexity index is 960. The van der Waals surface area contributed by atoms with Crippen LogP contribution in [0.3, 0.4) is 0 Å². The van der Waals surface area contributed by atoms with E-state index in [2.05, 4.69) is 10.1 Å². The van der Waals surface area contributed by atoms with Gasteiger partial charge in [-0.05, 0) is 25.1 Å². The third kappa shape index (κ3) is 4.35. The maximum atomic E-state index is 11.8. The van der Waals surface area contributed by atoms with Crippen molar-refractivity contribution in [3.05, 3.63) is 65.0 Å². The Morgan fingerprint density at radius 1 is 0.964 bits per heavy atom. The number of methoxy groups -OCH3 is 2. The van der Waals surface area contributed by atoms with Gasteiger partial charge in [0.2, 0.25) is 5.82 Å². The molecule has 144 valence electrons. The van der Waals surface area contributed by atoms with E-state index in [1.54, 1.807) is 0 Å². The first-order valence-corrected chi connectivity index (χ1v) is 8.34. The topological polar surface area (TPSA) is 101 Å². The molecule has 2 aromatic carbocycles. The van der Waals surface area contributed by atoms with Gasteiger partial charge in [0.05, 0.1) is 25.3 Å². The summed E-state index contributed by atoms with van der Waals surface area (Å²) in [5, 5.41) is 3.93. The van der Waals surface area contributed by atoms with Crippen molar-refractivity contribution in [2.45, 2.75) is 13.5 Å². The molecule has 0 aliphatic rings. The monoisotopic (exact) mass is 382 g/mol. The van der Waals surface area contributed by atoms with Gasteiger partial charge in [-0.15, -0.1) is 0 Å². The van der Waals surface area contributed by atoms with Crippen LogP contribution < -0.4 is 4.74 Å². The molecule has 3 aromatic rings. The normalized spacial score (nSPS) is 10.4. The number of hydrogen-bond donors (Lipinski definition) is 0. The molecular weight excluding hydrogens is 364 g/mol. The lowest BCUT2D eigenvalue weighted by molar-refractivity contribution is 0.0598. The van der Waals surface area contributed by atoms with E-state index < -0.39 is 11.9 Å². The van der Waals surface area contributed by atoms with Crippen LogP contribution in [0.1, 0.15) is 32.2 Å². The SMILES string of the molecule is COC(=O)c1cc(OCc2nc(-c3ccc(C)cc3)no2)cc(C(=O)OC)c1. The van der Waals surface area contributed by atoms with Crippen molar-refractivity contribution in [2.75, 3.05) is 14.2 Å². The van der Waals surface area contributed by atoms with Crippen LogP contribution in [-0.4, -0.2) is 36.3 Å². The first-order valence-electron chi connectivity index (χ1n) is 8.34. The number of carbonyl (C=O) groups excluding carboxylic acids is 2. The highest BCUT2D eigenvalue weighted by molar-refractivity contribution is 5.96. The minimum atomic E-state index is -0.602. The molecule has 8 heteroatoms.